The second-order valence-electron chi connectivity index (χ2n) is 3.49. The van der Waals surface area contributed by atoms with Gasteiger partial charge in [-0.3, -0.25) is 0 Å². The van der Waals surface area contributed by atoms with Gasteiger partial charge in [0.05, 0.1) is 3.79 Å². The van der Waals surface area contributed by atoms with Crippen LogP contribution >= 0.6 is 38.9 Å². The standard InChI is InChI=1S/C12H8BrClO3S/c13-11-3-7(6-18-11)5-17-10-2-1-8(14)4-9(10)12(15)16/h1-4,6H,5H2,(H,15,16). The van der Waals surface area contributed by atoms with Crippen molar-refractivity contribution in [3.63, 3.8) is 0 Å². The minimum atomic E-state index is -1.06. The first-order chi connectivity index (χ1) is 8.56. The summed E-state index contributed by atoms with van der Waals surface area (Å²) < 4.78 is 6.51. The number of hydrogen-bond donors (Lipinski definition) is 1. The number of ether oxygens (including phenoxy) is 1. The summed E-state index contributed by atoms with van der Waals surface area (Å²) in [4.78, 5) is 11.0. The summed E-state index contributed by atoms with van der Waals surface area (Å²) in [6, 6.07) is 6.48. The summed E-state index contributed by atoms with van der Waals surface area (Å²) in [6.45, 7) is 0.323. The summed E-state index contributed by atoms with van der Waals surface area (Å²) >= 11 is 10.7. The van der Waals surface area contributed by atoms with Crippen molar-refractivity contribution < 1.29 is 14.6 Å². The van der Waals surface area contributed by atoms with Gasteiger partial charge in [0.1, 0.15) is 17.9 Å². The monoisotopic (exact) mass is 346 g/mol. The van der Waals surface area contributed by atoms with Crippen LogP contribution in [0.5, 0.6) is 5.75 Å². The van der Waals surface area contributed by atoms with Gasteiger partial charge in [-0.1, -0.05) is 11.6 Å². The number of aromatic carboxylic acids is 1. The maximum Gasteiger partial charge on any atom is 0.339 e. The van der Waals surface area contributed by atoms with Crippen molar-refractivity contribution in [1.29, 1.82) is 0 Å². The summed E-state index contributed by atoms with van der Waals surface area (Å²) in [5.74, 6) is -0.742. The molecule has 1 aromatic carbocycles. The molecule has 0 spiro atoms. The molecule has 2 rings (SSSR count). The lowest BCUT2D eigenvalue weighted by molar-refractivity contribution is 0.0692. The fourth-order valence-electron chi connectivity index (χ4n) is 1.38. The van der Waals surface area contributed by atoms with Crippen LogP contribution in [0.4, 0.5) is 0 Å². The van der Waals surface area contributed by atoms with E-state index in [1.807, 2.05) is 11.4 Å². The van der Waals surface area contributed by atoms with E-state index in [0.29, 0.717) is 17.4 Å². The normalized spacial score (nSPS) is 10.3. The van der Waals surface area contributed by atoms with Gasteiger partial charge < -0.3 is 9.84 Å². The Hall–Kier alpha value is -1.04. The number of carboxylic acid groups (broad SMARTS) is 1. The van der Waals surface area contributed by atoms with Crippen LogP contribution in [0.15, 0.2) is 33.4 Å². The average Bonchev–Trinajstić information content (AvgIpc) is 2.73. The Bertz CT molecular complexity index is 582. The van der Waals surface area contributed by atoms with E-state index in [4.69, 9.17) is 21.4 Å². The minimum absolute atomic E-state index is 0.0665. The first-order valence-corrected chi connectivity index (χ1v) is 7.00. The van der Waals surface area contributed by atoms with E-state index < -0.39 is 5.97 Å². The lowest BCUT2D eigenvalue weighted by Gasteiger charge is -2.08. The van der Waals surface area contributed by atoms with Crippen LogP contribution in [0.2, 0.25) is 5.02 Å². The van der Waals surface area contributed by atoms with Crippen LogP contribution in [0.3, 0.4) is 0 Å². The van der Waals surface area contributed by atoms with Crippen molar-refractivity contribution in [3.05, 3.63) is 49.6 Å². The van der Waals surface area contributed by atoms with Gasteiger partial charge in [0.15, 0.2) is 0 Å². The molecule has 0 unspecified atom stereocenters. The second kappa shape index (κ2) is 5.73. The number of benzene rings is 1. The summed E-state index contributed by atoms with van der Waals surface area (Å²) in [5, 5.41) is 11.4. The Balaban J connectivity index is 2.16. The van der Waals surface area contributed by atoms with Gasteiger partial charge >= 0.3 is 5.97 Å². The highest BCUT2D eigenvalue weighted by Crippen LogP contribution is 2.25. The summed E-state index contributed by atoms with van der Waals surface area (Å²) in [7, 11) is 0. The van der Waals surface area contributed by atoms with Crippen LogP contribution in [-0.4, -0.2) is 11.1 Å². The Kier molecular flexibility index (Phi) is 4.27. The second-order valence-corrected chi connectivity index (χ2v) is 6.22. The highest BCUT2D eigenvalue weighted by molar-refractivity contribution is 9.11. The van der Waals surface area contributed by atoms with Gasteiger partial charge in [-0.2, -0.15) is 0 Å². The van der Waals surface area contributed by atoms with E-state index in [-0.39, 0.29) is 5.56 Å². The van der Waals surface area contributed by atoms with Crippen LogP contribution in [0.25, 0.3) is 0 Å². The molecule has 0 amide bonds. The maximum atomic E-state index is 11.0. The van der Waals surface area contributed by atoms with Crippen LogP contribution in [0.1, 0.15) is 15.9 Å². The van der Waals surface area contributed by atoms with Gasteiger partial charge in [0.2, 0.25) is 0 Å². The van der Waals surface area contributed by atoms with Crippen molar-refractivity contribution in [1.82, 2.24) is 0 Å². The van der Waals surface area contributed by atoms with Crippen molar-refractivity contribution in [2.45, 2.75) is 6.61 Å². The van der Waals surface area contributed by atoms with E-state index in [1.165, 1.54) is 6.07 Å². The fourth-order valence-corrected chi connectivity index (χ4v) is 2.74. The molecule has 3 nitrogen and oxygen atoms in total. The molecule has 0 aliphatic rings. The van der Waals surface area contributed by atoms with Gasteiger partial charge in [-0.25, -0.2) is 4.79 Å². The third kappa shape index (κ3) is 3.25. The molecule has 1 aromatic heterocycles. The maximum absolute atomic E-state index is 11.0. The van der Waals surface area contributed by atoms with Crippen molar-refractivity contribution in [3.8, 4) is 5.75 Å². The Labute approximate surface area is 121 Å². The van der Waals surface area contributed by atoms with E-state index >= 15 is 0 Å². The smallest absolute Gasteiger partial charge is 0.339 e. The molecule has 1 heterocycles. The number of thiophene rings is 1. The number of halogens is 2. The largest absolute Gasteiger partial charge is 0.488 e. The Morgan fingerprint density at radius 1 is 1.44 bits per heavy atom. The van der Waals surface area contributed by atoms with Crippen LogP contribution < -0.4 is 4.74 Å². The molecule has 0 aliphatic carbocycles. The summed E-state index contributed by atoms with van der Waals surface area (Å²) in [6.07, 6.45) is 0. The lowest BCUT2D eigenvalue weighted by atomic mass is 10.2. The number of hydrogen-bond acceptors (Lipinski definition) is 3. The molecule has 0 saturated heterocycles. The summed E-state index contributed by atoms with van der Waals surface area (Å²) in [5.41, 5.74) is 1.05. The van der Waals surface area contributed by atoms with Crippen molar-refractivity contribution >= 4 is 44.8 Å². The van der Waals surface area contributed by atoms with Gasteiger partial charge in [0, 0.05) is 10.6 Å². The van der Waals surface area contributed by atoms with Gasteiger partial charge in [0.25, 0.3) is 0 Å². The molecule has 0 aliphatic heterocycles. The van der Waals surface area contributed by atoms with E-state index in [0.717, 1.165) is 9.35 Å². The van der Waals surface area contributed by atoms with E-state index in [1.54, 1.807) is 23.5 Å². The third-order valence-electron chi connectivity index (χ3n) is 2.19. The van der Waals surface area contributed by atoms with Crippen molar-refractivity contribution in [2.24, 2.45) is 0 Å². The van der Waals surface area contributed by atoms with Gasteiger partial charge in [-0.05, 0) is 45.6 Å². The van der Waals surface area contributed by atoms with Crippen LogP contribution in [0, 0.1) is 0 Å². The molecule has 6 heteroatoms. The zero-order valence-corrected chi connectivity index (χ0v) is 12.2. The first kappa shape index (κ1) is 13.4. The van der Waals surface area contributed by atoms with Gasteiger partial charge in [-0.15, -0.1) is 11.3 Å². The quantitative estimate of drug-likeness (QED) is 0.889. The molecule has 0 fully saturated rings. The van der Waals surface area contributed by atoms with Crippen LogP contribution in [-0.2, 0) is 6.61 Å². The number of rotatable bonds is 4. The van der Waals surface area contributed by atoms with Crippen molar-refractivity contribution in [2.75, 3.05) is 0 Å². The van der Waals surface area contributed by atoms with E-state index in [9.17, 15) is 4.79 Å². The molecule has 0 radical (unpaired) electrons. The molecule has 2 aromatic rings. The third-order valence-corrected chi connectivity index (χ3v) is 3.98. The minimum Gasteiger partial charge on any atom is -0.488 e. The average molecular weight is 348 g/mol. The molecular weight excluding hydrogens is 340 g/mol. The number of carboxylic acids is 1. The predicted molar refractivity (Wildman–Crippen MR) is 74.8 cm³/mol. The molecule has 1 N–H and O–H groups in total. The molecule has 0 atom stereocenters. The molecular formula is C12H8BrClO3S. The zero-order chi connectivity index (χ0) is 13.1. The molecule has 94 valence electrons. The highest BCUT2D eigenvalue weighted by Gasteiger charge is 2.12. The Morgan fingerprint density at radius 3 is 2.83 bits per heavy atom. The number of carbonyl (C=O) groups is 1. The molecule has 0 bridgehead atoms. The SMILES string of the molecule is O=C(O)c1cc(Cl)ccc1OCc1csc(Br)c1. The topological polar surface area (TPSA) is 46.5 Å². The predicted octanol–water partition coefficient (Wildman–Crippen LogP) is 4.44. The van der Waals surface area contributed by atoms with E-state index in [2.05, 4.69) is 15.9 Å². The Morgan fingerprint density at radius 2 is 2.22 bits per heavy atom. The first-order valence-electron chi connectivity index (χ1n) is 4.95. The molecule has 18 heavy (non-hydrogen) atoms. The lowest BCUT2D eigenvalue weighted by Crippen LogP contribution is -2.02. The fraction of sp³-hybridized carbons (Fsp3) is 0.0833. The molecule has 0 saturated carbocycles. The zero-order valence-electron chi connectivity index (χ0n) is 9.02. The highest BCUT2D eigenvalue weighted by atomic mass is 79.9.